The van der Waals surface area contributed by atoms with Crippen LogP contribution in [0.25, 0.3) is 0 Å². The Labute approximate surface area is 166 Å². The van der Waals surface area contributed by atoms with Gasteiger partial charge in [-0.1, -0.05) is 23.2 Å². The third-order valence-corrected chi connectivity index (χ3v) is 3.86. The van der Waals surface area contributed by atoms with Crippen molar-refractivity contribution < 1.29 is 19.1 Å². The molecule has 3 N–H and O–H groups in total. The van der Waals surface area contributed by atoms with Crippen molar-refractivity contribution in [1.29, 1.82) is 0 Å². The topological polar surface area (TPSA) is 96.5 Å². The molecule has 0 radical (unpaired) electrons. The first-order valence-electron chi connectivity index (χ1n) is 7.81. The molecule has 2 rings (SSSR count). The van der Waals surface area contributed by atoms with Gasteiger partial charge in [-0.05, 0) is 42.5 Å². The van der Waals surface area contributed by atoms with Crippen LogP contribution in [0.5, 0.6) is 0 Å². The zero-order chi connectivity index (χ0) is 19.8. The highest BCUT2D eigenvalue weighted by Gasteiger charge is 2.12. The molecular formula is C18H17Cl2N3O4. The maximum atomic E-state index is 12.1. The highest BCUT2D eigenvalue weighted by molar-refractivity contribution is 6.36. The van der Waals surface area contributed by atoms with Crippen LogP contribution in [0.1, 0.15) is 10.4 Å². The van der Waals surface area contributed by atoms with Gasteiger partial charge in [-0.2, -0.15) is 0 Å². The molecule has 0 bridgehead atoms. The number of carbonyl (C=O) groups excluding carboxylic acids is 3. The fourth-order valence-corrected chi connectivity index (χ4v) is 2.59. The first-order valence-corrected chi connectivity index (χ1v) is 8.56. The molecular weight excluding hydrogens is 393 g/mol. The van der Waals surface area contributed by atoms with E-state index in [-0.39, 0.29) is 29.6 Å². The fourth-order valence-electron chi connectivity index (χ4n) is 2.10. The van der Waals surface area contributed by atoms with Gasteiger partial charge in [0.15, 0.2) is 0 Å². The van der Waals surface area contributed by atoms with E-state index < -0.39 is 11.8 Å². The number of hydrogen-bond acceptors (Lipinski definition) is 4. The van der Waals surface area contributed by atoms with Crippen molar-refractivity contribution in [2.75, 3.05) is 30.9 Å². The van der Waals surface area contributed by atoms with Gasteiger partial charge in [0.2, 0.25) is 11.8 Å². The largest absolute Gasteiger partial charge is 0.375 e. The predicted octanol–water partition coefficient (Wildman–Crippen LogP) is 2.95. The number of rotatable bonds is 7. The van der Waals surface area contributed by atoms with Gasteiger partial charge in [0.05, 0.1) is 17.1 Å². The summed E-state index contributed by atoms with van der Waals surface area (Å²) in [6.07, 6.45) is 0. The quantitative estimate of drug-likeness (QED) is 0.654. The van der Waals surface area contributed by atoms with Crippen LogP contribution in [0.15, 0.2) is 42.5 Å². The van der Waals surface area contributed by atoms with Crippen molar-refractivity contribution in [2.45, 2.75) is 0 Å². The molecule has 0 atom stereocenters. The van der Waals surface area contributed by atoms with Gasteiger partial charge in [-0.15, -0.1) is 0 Å². The molecule has 0 aliphatic heterocycles. The summed E-state index contributed by atoms with van der Waals surface area (Å²) in [6.45, 7) is -0.278. The fraction of sp³-hybridized carbons (Fsp3) is 0.167. The summed E-state index contributed by atoms with van der Waals surface area (Å²) < 4.78 is 4.73. The van der Waals surface area contributed by atoms with Crippen LogP contribution < -0.4 is 16.0 Å². The number of carbonyl (C=O) groups is 3. The van der Waals surface area contributed by atoms with E-state index in [9.17, 15) is 14.4 Å². The normalized spacial score (nSPS) is 10.2. The summed E-state index contributed by atoms with van der Waals surface area (Å²) >= 11 is 11.7. The van der Waals surface area contributed by atoms with Crippen LogP contribution in [0, 0.1) is 0 Å². The van der Waals surface area contributed by atoms with Gasteiger partial charge < -0.3 is 20.7 Å². The van der Waals surface area contributed by atoms with Gasteiger partial charge in [-0.3, -0.25) is 14.4 Å². The standard InChI is InChI=1S/C18H17Cl2N3O4/c1-27-10-17(25)23-13-5-3-12(4-6-13)22-16(24)9-21-18(26)14-7-2-11(19)8-15(14)20/h2-8H,9-10H2,1H3,(H,21,26)(H,22,24)(H,23,25). The molecule has 0 aliphatic rings. The zero-order valence-electron chi connectivity index (χ0n) is 14.3. The zero-order valence-corrected chi connectivity index (χ0v) is 15.9. The maximum absolute atomic E-state index is 12.1. The van der Waals surface area contributed by atoms with Gasteiger partial charge in [0, 0.05) is 23.5 Å². The number of amides is 3. The molecule has 27 heavy (non-hydrogen) atoms. The molecule has 0 unspecified atom stereocenters. The highest BCUT2D eigenvalue weighted by atomic mass is 35.5. The molecule has 3 amide bonds. The summed E-state index contributed by atoms with van der Waals surface area (Å²) in [6, 6.07) is 11.0. The Balaban J connectivity index is 1.84. The molecule has 0 spiro atoms. The van der Waals surface area contributed by atoms with Crippen molar-refractivity contribution in [2.24, 2.45) is 0 Å². The van der Waals surface area contributed by atoms with Gasteiger partial charge >= 0.3 is 0 Å². The molecule has 0 aliphatic carbocycles. The second-order valence-corrected chi connectivity index (χ2v) is 6.26. The summed E-state index contributed by atoms with van der Waals surface area (Å²) in [5.74, 6) is -1.18. The Hall–Kier alpha value is -2.61. The number of anilines is 2. The van der Waals surface area contributed by atoms with E-state index in [1.54, 1.807) is 24.3 Å². The van der Waals surface area contributed by atoms with E-state index in [4.69, 9.17) is 27.9 Å². The molecule has 0 aromatic heterocycles. The smallest absolute Gasteiger partial charge is 0.253 e. The number of nitrogens with one attached hydrogen (secondary N) is 3. The Morgan fingerprint density at radius 3 is 2.07 bits per heavy atom. The lowest BCUT2D eigenvalue weighted by Crippen LogP contribution is -2.33. The van der Waals surface area contributed by atoms with Crippen LogP contribution in [0.3, 0.4) is 0 Å². The Kier molecular flexibility index (Phi) is 7.60. The van der Waals surface area contributed by atoms with Crippen molar-refractivity contribution in [3.8, 4) is 0 Å². The van der Waals surface area contributed by atoms with Gasteiger partial charge in [0.1, 0.15) is 6.61 Å². The van der Waals surface area contributed by atoms with Crippen LogP contribution in [-0.4, -0.2) is 38.0 Å². The number of ether oxygens (including phenoxy) is 1. The molecule has 0 saturated carbocycles. The lowest BCUT2D eigenvalue weighted by molar-refractivity contribution is -0.119. The third kappa shape index (κ3) is 6.56. The monoisotopic (exact) mass is 409 g/mol. The van der Waals surface area contributed by atoms with E-state index in [1.165, 1.54) is 25.3 Å². The second kappa shape index (κ2) is 9.91. The maximum Gasteiger partial charge on any atom is 0.253 e. The number of methoxy groups -OCH3 is 1. The summed E-state index contributed by atoms with van der Waals surface area (Å²) in [7, 11) is 1.43. The SMILES string of the molecule is COCC(=O)Nc1ccc(NC(=O)CNC(=O)c2ccc(Cl)cc2Cl)cc1. The van der Waals surface area contributed by atoms with Crippen molar-refractivity contribution in [3.05, 3.63) is 58.1 Å². The molecule has 2 aromatic carbocycles. The van der Waals surface area contributed by atoms with Crippen LogP contribution >= 0.6 is 23.2 Å². The average molecular weight is 410 g/mol. The lowest BCUT2D eigenvalue weighted by atomic mass is 10.2. The molecule has 0 heterocycles. The highest BCUT2D eigenvalue weighted by Crippen LogP contribution is 2.20. The van der Waals surface area contributed by atoms with Crippen LogP contribution in [0.4, 0.5) is 11.4 Å². The predicted molar refractivity (Wildman–Crippen MR) is 104 cm³/mol. The summed E-state index contributed by atoms with van der Waals surface area (Å²) in [5.41, 5.74) is 1.31. The minimum absolute atomic E-state index is 0.0458. The van der Waals surface area contributed by atoms with Crippen molar-refractivity contribution >= 4 is 52.3 Å². The summed E-state index contributed by atoms with van der Waals surface area (Å²) in [5, 5.41) is 8.36. The molecule has 7 nitrogen and oxygen atoms in total. The Bertz CT molecular complexity index is 841. The minimum atomic E-state index is -0.483. The van der Waals surface area contributed by atoms with Crippen LogP contribution in [-0.2, 0) is 14.3 Å². The van der Waals surface area contributed by atoms with E-state index in [1.807, 2.05) is 0 Å². The lowest BCUT2D eigenvalue weighted by Gasteiger charge is -2.09. The molecule has 0 saturated heterocycles. The first-order chi connectivity index (χ1) is 12.9. The average Bonchev–Trinajstić information content (AvgIpc) is 2.61. The minimum Gasteiger partial charge on any atom is -0.375 e. The molecule has 0 fully saturated rings. The number of hydrogen-bond donors (Lipinski definition) is 3. The van der Waals surface area contributed by atoms with E-state index in [0.29, 0.717) is 16.4 Å². The number of benzene rings is 2. The van der Waals surface area contributed by atoms with E-state index in [2.05, 4.69) is 16.0 Å². The molecule has 9 heteroatoms. The van der Waals surface area contributed by atoms with Gasteiger partial charge in [0.25, 0.3) is 5.91 Å². The van der Waals surface area contributed by atoms with Crippen molar-refractivity contribution in [1.82, 2.24) is 5.32 Å². The molecule has 142 valence electrons. The Morgan fingerprint density at radius 2 is 1.52 bits per heavy atom. The third-order valence-electron chi connectivity index (χ3n) is 3.31. The second-order valence-electron chi connectivity index (χ2n) is 5.41. The number of halogens is 2. The summed E-state index contributed by atoms with van der Waals surface area (Å²) in [4.78, 5) is 35.5. The van der Waals surface area contributed by atoms with E-state index in [0.717, 1.165) is 0 Å². The van der Waals surface area contributed by atoms with E-state index >= 15 is 0 Å². The molecule has 2 aromatic rings. The van der Waals surface area contributed by atoms with Gasteiger partial charge in [-0.25, -0.2) is 0 Å². The van der Waals surface area contributed by atoms with Crippen molar-refractivity contribution in [3.63, 3.8) is 0 Å². The first kappa shape index (κ1) is 20.7. The Morgan fingerprint density at radius 1 is 0.926 bits per heavy atom. The van der Waals surface area contributed by atoms with Crippen LogP contribution in [0.2, 0.25) is 10.0 Å².